The fourth-order valence-corrected chi connectivity index (χ4v) is 3.98. The van der Waals surface area contributed by atoms with Gasteiger partial charge in [-0.3, -0.25) is 4.79 Å². The summed E-state index contributed by atoms with van der Waals surface area (Å²) < 4.78 is 22.1. The molecule has 4 rings (SSSR count). The maximum atomic E-state index is 13.0. The van der Waals surface area contributed by atoms with Crippen LogP contribution < -0.4 is 23.8 Å². The first-order valence-corrected chi connectivity index (χ1v) is 9.11. The van der Waals surface area contributed by atoms with Crippen LogP contribution in [0.4, 0.5) is 0 Å². The van der Waals surface area contributed by atoms with Crippen molar-refractivity contribution in [3.8, 4) is 23.0 Å². The number of carbonyl (C=O) groups excluding carboxylic acids is 1. The van der Waals surface area contributed by atoms with Gasteiger partial charge in [-0.15, -0.1) is 0 Å². The molecular formula is C21H24NO5+. The van der Waals surface area contributed by atoms with Crippen molar-refractivity contribution in [2.75, 3.05) is 34.6 Å². The van der Waals surface area contributed by atoms with Crippen LogP contribution in [-0.2, 0) is 6.42 Å². The van der Waals surface area contributed by atoms with Crippen molar-refractivity contribution in [3.63, 3.8) is 0 Å². The molecule has 6 nitrogen and oxygen atoms in total. The molecule has 1 N–H and O–H groups in total. The molecular weight excluding hydrogens is 346 g/mol. The molecule has 2 aromatic rings. The Morgan fingerprint density at radius 3 is 2.67 bits per heavy atom. The predicted molar refractivity (Wildman–Crippen MR) is 99.3 cm³/mol. The fraction of sp³-hybridized carbons (Fsp3) is 0.381. The zero-order valence-electron chi connectivity index (χ0n) is 15.8. The van der Waals surface area contributed by atoms with E-state index in [4.69, 9.17) is 18.9 Å². The number of hydrogen-bond acceptors (Lipinski definition) is 5. The van der Waals surface area contributed by atoms with Crippen LogP contribution in [0.25, 0.3) is 0 Å². The number of hydrogen-bond donors (Lipinski definition) is 1. The number of nitrogens with one attached hydrogen (secondary N) is 1. The third-order valence-corrected chi connectivity index (χ3v) is 5.48. The first-order chi connectivity index (χ1) is 13.1. The Hall–Kier alpha value is -2.73. The second-order valence-electron chi connectivity index (χ2n) is 6.97. The molecule has 2 aliphatic heterocycles. The van der Waals surface area contributed by atoms with Crippen LogP contribution in [0.15, 0.2) is 30.3 Å². The van der Waals surface area contributed by atoms with Crippen LogP contribution >= 0.6 is 0 Å². The number of methoxy groups -OCH3 is 2. The number of fused-ring (bicyclic) bond motifs is 2. The number of carbonyl (C=O) groups is 1. The zero-order valence-corrected chi connectivity index (χ0v) is 15.8. The molecule has 1 unspecified atom stereocenters. The lowest BCUT2D eigenvalue weighted by Crippen LogP contribution is -3.10. The molecule has 2 heterocycles. The SMILES string of the molecule is COc1ccc(C(=O)C[C@H]2c3c(cc4c(c3OC)OCO4)CC[NH+]2C)cc1. The van der Waals surface area contributed by atoms with E-state index in [1.807, 2.05) is 30.3 Å². The van der Waals surface area contributed by atoms with Crippen molar-refractivity contribution in [3.05, 3.63) is 47.0 Å². The minimum atomic E-state index is 0.00722. The number of rotatable bonds is 5. The number of quaternary nitrogens is 1. The summed E-state index contributed by atoms with van der Waals surface area (Å²) in [7, 11) is 5.38. The topological polar surface area (TPSA) is 58.4 Å². The number of ether oxygens (including phenoxy) is 4. The Kier molecular flexibility index (Phi) is 4.66. The van der Waals surface area contributed by atoms with E-state index in [1.165, 1.54) is 10.5 Å². The van der Waals surface area contributed by atoms with Crippen molar-refractivity contribution in [1.29, 1.82) is 0 Å². The number of likely N-dealkylation sites (N-methyl/N-ethyl adjacent to an activating group) is 1. The average molecular weight is 370 g/mol. The maximum absolute atomic E-state index is 13.0. The highest BCUT2D eigenvalue weighted by molar-refractivity contribution is 5.96. The van der Waals surface area contributed by atoms with E-state index in [2.05, 4.69) is 7.05 Å². The summed E-state index contributed by atoms with van der Waals surface area (Å²) in [5.41, 5.74) is 2.93. The molecule has 0 fully saturated rings. The quantitative estimate of drug-likeness (QED) is 0.814. The average Bonchev–Trinajstić information content (AvgIpc) is 3.16. The van der Waals surface area contributed by atoms with Crippen LogP contribution in [0, 0.1) is 0 Å². The lowest BCUT2D eigenvalue weighted by Gasteiger charge is -2.32. The van der Waals surface area contributed by atoms with Crippen LogP contribution in [0.5, 0.6) is 23.0 Å². The lowest BCUT2D eigenvalue weighted by atomic mass is 9.87. The van der Waals surface area contributed by atoms with E-state index < -0.39 is 0 Å². The molecule has 0 saturated carbocycles. The van der Waals surface area contributed by atoms with E-state index in [0.29, 0.717) is 23.5 Å². The van der Waals surface area contributed by atoms with E-state index in [1.54, 1.807) is 14.2 Å². The third kappa shape index (κ3) is 3.10. The Labute approximate surface area is 158 Å². The number of benzene rings is 2. The molecule has 0 saturated heterocycles. The largest absolute Gasteiger partial charge is 0.497 e. The molecule has 0 aromatic heterocycles. The van der Waals surface area contributed by atoms with Gasteiger partial charge in [0, 0.05) is 12.0 Å². The van der Waals surface area contributed by atoms with E-state index in [0.717, 1.165) is 30.0 Å². The van der Waals surface area contributed by atoms with E-state index >= 15 is 0 Å². The van der Waals surface area contributed by atoms with Crippen molar-refractivity contribution in [2.24, 2.45) is 0 Å². The standard InChI is InChI=1S/C21H23NO5/c1-22-9-8-14-10-18-20(27-12-26-18)21(25-3)19(14)16(22)11-17(23)13-4-6-15(24-2)7-5-13/h4-7,10,16H,8-9,11-12H2,1-3H3/p+1/t16-/m0/s1. The second-order valence-corrected chi connectivity index (χ2v) is 6.97. The summed E-state index contributed by atoms with van der Waals surface area (Å²) in [6.45, 7) is 1.16. The van der Waals surface area contributed by atoms with Gasteiger partial charge in [-0.1, -0.05) is 0 Å². The van der Waals surface area contributed by atoms with Gasteiger partial charge in [0.25, 0.3) is 0 Å². The third-order valence-electron chi connectivity index (χ3n) is 5.48. The van der Waals surface area contributed by atoms with Gasteiger partial charge >= 0.3 is 0 Å². The van der Waals surface area contributed by atoms with Gasteiger partial charge < -0.3 is 23.8 Å². The minimum absolute atomic E-state index is 0.00722. The fourth-order valence-electron chi connectivity index (χ4n) is 3.98. The highest BCUT2D eigenvalue weighted by Gasteiger charge is 2.37. The molecule has 2 atom stereocenters. The smallest absolute Gasteiger partial charge is 0.231 e. The summed E-state index contributed by atoms with van der Waals surface area (Å²) in [6, 6.07) is 9.31. The molecule has 27 heavy (non-hydrogen) atoms. The first-order valence-electron chi connectivity index (χ1n) is 9.11. The maximum Gasteiger partial charge on any atom is 0.231 e. The van der Waals surface area contributed by atoms with Crippen LogP contribution in [0.2, 0.25) is 0 Å². The summed E-state index contributed by atoms with van der Waals surface area (Å²) in [6.07, 6.45) is 1.32. The second kappa shape index (κ2) is 7.12. The van der Waals surface area contributed by atoms with Gasteiger partial charge in [-0.05, 0) is 35.9 Å². The van der Waals surface area contributed by atoms with Crippen molar-refractivity contribution in [1.82, 2.24) is 0 Å². The van der Waals surface area contributed by atoms with Gasteiger partial charge in [-0.2, -0.15) is 0 Å². The summed E-state index contributed by atoms with van der Waals surface area (Å²) in [5, 5.41) is 0. The van der Waals surface area contributed by atoms with Crippen molar-refractivity contribution in [2.45, 2.75) is 18.9 Å². The molecule has 0 bridgehead atoms. The van der Waals surface area contributed by atoms with Crippen molar-refractivity contribution >= 4 is 5.78 Å². The van der Waals surface area contributed by atoms with E-state index in [9.17, 15) is 4.79 Å². The first kappa shape index (κ1) is 17.7. The molecule has 0 radical (unpaired) electrons. The summed E-state index contributed by atoms with van der Waals surface area (Å²) in [4.78, 5) is 14.2. The summed E-state index contributed by atoms with van der Waals surface area (Å²) >= 11 is 0. The Morgan fingerprint density at radius 2 is 1.96 bits per heavy atom. The highest BCUT2D eigenvalue weighted by Crippen LogP contribution is 2.47. The van der Waals surface area contributed by atoms with Crippen LogP contribution in [0.3, 0.4) is 0 Å². The van der Waals surface area contributed by atoms with Gasteiger partial charge in [-0.25, -0.2) is 0 Å². The Balaban J connectivity index is 1.68. The molecule has 6 heteroatoms. The monoisotopic (exact) mass is 370 g/mol. The highest BCUT2D eigenvalue weighted by atomic mass is 16.7. The van der Waals surface area contributed by atoms with Crippen LogP contribution in [0.1, 0.15) is 33.9 Å². The minimum Gasteiger partial charge on any atom is -0.497 e. The van der Waals surface area contributed by atoms with Gasteiger partial charge in [0.15, 0.2) is 17.3 Å². The normalized spacial score (nSPS) is 20.1. The molecule has 142 valence electrons. The molecule has 2 aliphatic rings. The predicted octanol–water partition coefficient (Wildman–Crippen LogP) is 1.82. The molecule has 2 aromatic carbocycles. The zero-order chi connectivity index (χ0) is 19.0. The van der Waals surface area contributed by atoms with Crippen LogP contribution in [-0.4, -0.2) is 40.4 Å². The molecule has 0 spiro atoms. The molecule has 0 aliphatic carbocycles. The Bertz CT molecular complexity index is 862. The lowest BCUT2D eigenvalue weighted by molar-refractivity contribution is -0.913. The Morgan fingerprint density at radius 1 is 1.19 bits per heavy atom. The van der Waals surface area contributed by atoms with Gasteiger partial charge in [0.1, 0.15) is 11.8 Å². The van der Waals surface area contributed by atoms with Crippen molar-refractivity contribution < 1.29 is 28.6 Å². The van der Waals surface area contributed by atoms with Gasteiger partial charge in [0.2, 0.25) is 12.5 Å². The van der Waals surface area contributed by atoms with E-state index in [-0.39, 0.29) is 18.6 Å². The molecule has 0 amide bonds. The number of ketones is 1. The van der Waals surface area contributed by atoms with Gasteiger partial charge in [0.05, 0.1) is 39.8 Å². The summed E-state index contributed by atoms with van der Waals surface area (Å²) in [5.74, 6) is 2.92. The number of Topliss-reactive ketones (excluding diaryl/α,β-unsaturated/α-hetero) is 1.